The van der Waals surface area contributed by atoms with E-state index in [-0.39, 0.29) is 11.4 Å². The Kier molecular flexibility index (Phi) is 5.54. The fourth-order valence-corrected chi connectivity index (χ4v) is 1.82. The first kappa shape index (κ1) is 15.7. The summed E-state index contributed by atoms with van der Waals surface area (Å²) in [7, 11) is 0. The molecule has 0 aromatic carbocycles. The largest absolute Gasteiger partial charge is 0.342 e. The minimum Gasteiger partial charge on any atom is -0.342 e. The maximum atomic E-state index is 12.1. The Labute approximate surface area is 116 Å². The van der Waals surface area contributed by atoms with Gasteiger partial charge < -0.3 is 14.8 Å². The Morgan fingerprint density at radius 3 is 2.53 bits per heavy atom. The minimum absolute atomic E-state index is 0.0413. The molecule has 0 radical (unpaired) electrons. The Morgan fingerprint density at radius 2 is 2.00 bits per heavy atom. The molecule has 0 atom stereocenters. The van der Waals surface area contributed by atoms with Crippen molar-refractivity contribution in [3.8, 4) is 0 Å². The molecule has 19 heavy (non-hydrogen) atoms. The van der Waals surface area contributed by atoms with E-state index in [4.69, 9.17) is 0 Å². The zero-order valence-corrected chi connectivity index (χ0v) is 12.7. The molecule has 5 heteroatoms. The number of carbonyl (C=O) groups excluding carboxylic acids is 1. The van der Waals surface area contributed by atoms with Gasteiger partial charge in [-0.1, -0.05) is 0 Å². The molecule has 1 aromatic heterocycles. The third-order valence-corrected chi connectivity index (χ3v) is 3.00. The van der Waals surface area contributed by atoms with Crippen LogP contribution >= 0.6 is 0 Å². The van der Waals surface area contributed by atoms with E-state index in [9.17, 15) is 4.79 Å². The molecular weight excluding hydrogens is 240 g/mol. The zero-order chi connectivity index (χ0) is 14.5. The average molecular weight is 266 g/mol. The summed E-state index contributed by atoms with van der Waals surface area (Å²) in [6, 6.07) is 0. The van der Waals surface area contributed by atoms with Gasteiger partial charge >= 0.3 is 0 Å². The van der Waals surface area contributed by atoms with Crippen molar-refractivity contribution in [2.75, 3.05) is 13.1 Å². The minimum atomic E-state index is 0.0413. The molecule has 1 rings (SSSR count). The predicted molar refractivity (Wildman–Crippen MR) is 76.7 cm³/mol. The molecule has 0 aliphatic carbocycles. The molecule has 0 saturated carbocycles. The fourth-order valence-electron chi connectivity index (χ4n) is 1.82. The van der Waals surface area contributed by atoms with E-state index < -0.39 is 0 Å². The van der Waals surface area contributed by atoms with Crippen LogP contribution in [0.15, 0.2) is 12.4 Å². The highest BCUT2D eigenvalue weighted by molar-refractivity contribution is 5.76. The molecule has 108 valence electrons. The highest BCUT2D eigenvalue weighted by Gasteiger charge is 2.14. The van der Waals surface area contributed by atoms with Crippen molar-refractivity contribution in [2.45, 2.75) is 53.2 Å². The maximum absolute atomic E-state index is 12.1. The SMILES string of the molecule is CCN(CC)C(=O)Cn1ccnc1CNC(C)(C)C. The molecule has 0 bridgehead atoms. The van der Waals surface area contributed by atoms with Crippen molar-refractivity contribution in [1.82, 2.24) is 19.8 Å². The summed E-state index contributed by atoms with van der Waals surface area (Å²) in [5.41, 5.74) is 0.0413. The zero-order valence-electron chi connectivity index (χ0n) is 12.7. The van der Waals surface area contributed by atoms with Crippen molar-refractivity contribution in [3.63, 3.8) is 0 Å². The van der Waals surface area contributed by atoms with Crippen LogP contribution in [0, 0.1) is 0 Å². The van der Waals surface area contributed by atoms with Crippen molar-refractivity contribution >= 4 is 5.91 Å². The number of nitrogens with one attached hydrogen (secondary N) is 1. The molecule has 0 fully saturated rings. The summed E-state index contributed by atoms with van der Waals surface area (Å²) in [6.45, 7) is 12.9. The summed E-state index contributed by atoms with van der Waals surface area (Å²) >= 11 is 0. The Bertz CT molecular complexity index is 402. The number of likely N-dealkylation sites (N-methyl/N-ethyl adjacent to an activating group) is 1. The second kappa shape index (κ2) is 6.70. The van der Waals surface area contributed by atoms with Gasteiger partial charge in [0.05, 0.1) is 6.54 Å². The highest BCUT2D eigenvalue weighted by Crippen LogP contribution is 2.04. The summed E-state index contributed by atoms with van der Waals surface area (Å²) in [5.74, 6) is 1.04. The summed E-state index contributed by atoms with van der Waals surface area (Å²) in [5, 5.41) is 3.39. The molecule has 0 spiro atoms. The quantitative estimate of drug-likeness (QED) is 0.851. The molecule has 1 heterocycles. The number of hydrogen-bond acceptors (Lipinski definition) is 3. The molecule has 0 aliphatic rings. The number of imidazole rings is 1. The standard InChI is InChI=1S/C14H26N4O/c1-6-17(7-2)13(19)11-18-9-8-15-12(18)10-16-14(3,4)5/h8-9,16H,6-7,10-11H2,1-5H3. The Morgan fingerprint density at radius 1 is 1.37 bits per heavy atom. The summed E-state index contributed by atoms with van der Waals surface area (Å²) in [4.78, 5) is 18.2. The Balaban J connectivity index is 2.65. The summed E-state index contributed by atoms with van der Waals surface area (Å²) in [6.07, 6.45) is 3.61. The van der Waals surface area contributed by atoms with E-state index in [1.54, 1.807) is 6.20 Å². The van der Waals surface area contributed by atoms with Crippen molar-refractivity contribution in [1.29, 1.82) is 0 Å². The van der Waals surface area contributed by atoms with E-state index in [2.05, 4.69) is 31.1 Å². The third-order valence-electron chi connectivity index (χ3n) is 3.00. The molecule has 1 amide bonds. The van der Waals surface area contributed by atoms with E-state index >= 15 is 0 Å². The van der Waals surface area contributed by atoms with Gasteiger partial charge in [-0.05, 0) is 34.6 Å². The molecular formula is C14H26N4O. The van der Waals surface area contributed by atoms with Gasteiger partial charge in [0.15, 0.2) is 0 Å². The van der Waals surface area contributed by atoms with Gasteiger partial charge in [-0.3, -0.25) is 4.79 Å². The third kappa shape index (κ3) is 5.03. The van der Waals surface area contributed by atoms with Gasteiger partial charge in [0.1, 0.15) is 12.4 Å². The van der Waals surface area contributed by atoms with Gasteiger partial charge in [-0.25, -0.2) is 4.98 Å². The second-order valence-corrected chi connectivity index (χ2v) is 5.64. The number of rotatable bonds is 6. The van der Waals surface area contributed by atoms with Crippen LogP contribution in [0.1, 0.15) is 40.4 Å². The molecule has 1 aromatic rings. The molecule has 0 unspecified atom stereocenters. The van der Waals surface area contributed by atoms with Crippen LogP contribution < -0.4 is 5.32 Å². The smallest absolute Gasteiger partial charge is 0.242 e. The first-order chi connectivity index (χ1) is 8.87. The van der Waals surface area contributed by atoms with E-state index in [0.29, 0.717) is 13.1 Å². The first-order valence-electron chi connectivity index (χ1n) is 6.90. The van der Waals surface area contributed by atoms with Gasteiger partial charge in [0.2, 0.25) is 5.91 Å². The van der Waals surface area contributed by atoms with Crippen molar-refractivity contribution in [3.05, 3.63) is 18.2 Å². The van der Waals surface area contributed by atoms with Crippen molar-refractivity contribution in [2.24, 2.45) is 0 Å². The van der Waals surface area contributed by atoms with Crippen LogP contribution in [-0.2, 0) is 17.9 Å². The van der Waals surface area contributed by atoms with Gasteiger partial charge in [0.25, 0.3) is 0 Å². The Hall–Kier alpha value is -1.36. The average Bonchev–Trinajstić information content (AvgIpc) is 2.74. The maximum Gasteiger partial charge on any atom is 0.242 e. The second-order valence-electron chi connectivity index (χ2n) is 5.64. The highest BCUT2D eigenvalue weighted by atomic mass is 16.2. The lowest BCUT2D eigenvalue weighted by molar-refractivity contribution is -0.131. The molecule has 5 nitrogen and oxygen atoms in total. The van der Waals surface area contributed by atoms with Crippen LogP contribution in [0.25, 0.3) is 0 Å². The number of aromatic nitrogens is 2. The topological polar surface area (TPSA) is 50.2 Å². The van der Waals surface area contributed by atoms with E-state index in [1.165, 1.54) is 0 Å². The van der Waals surface area contributed by atoms with Crippen LogP contribution in [0.5, 0.6) is 0 Å². The number of hydrogen-bond donors (Lipinski definition) is 1. The molecule has 0 saturated heterocycles. The fraction of sp³-hybridized carbons (Fsp3) is 0.714. The summed E-state index contributed by atoms with van der Waals surface area (Å²) < 4.78 is 1.92. The lowest BCUT2D eigenvalue weighted by atomic mass is 10.1. The molecule has 1 N–H and O–H groups in total. The number of amides is 1. The number of carbonyl (C=O) groups is 1. The van der Waals surface area contributed by atoms with Crippen molar-refractivity contribution < 1.29 is 4.79 Å². The molecule has 0 aliphatic heterocycles. The first-order valence-corrected chi connectivity index (χ1v) is 6.90. The predicted octanol–water partition coefficient (Wildman–Crippen LogP) is 1.64. The van der Waals surface area contributed by atoms with E-state index in [0.717, 1.165) is 18.9 Å². The van der Waals surface area contributed by atoms with Gasteiger partial charge in [0, 0.05) is 31.0 Å². The lowest BCUT2D eigenvalue weighted by Crippen LogP contribution is -2.37. The van der Waals surface area contributed by atoms with Crippen LogP contribution in [-0.4, -0.2) is 39.0 Å². The number of nitrogens with zero attached hydrogens (tertiary/aromatic N) is 3. The van der Waals surface area contributed by atoms with Gasteiger partial charge in [-0.2, -0.15) is 0 Å². The van der Waals surface area contributed by atoms with Crippen LogP contribution in [0.3, 0.4) is 0 Å². The van der Waals surface area contributed by atoms with Gasteiger partial charge in [-0.15, -0.1) is 0 Å². The van der Waals surface area contributed by atoms with E-state index in [1.807, 2.05) is 29.5 Å². The normalized spacial score (nSPS) is 11.6. The monoisotopic (exact) mass is 266 g/mol. The van der Waals surface area contributed by atoms with Crippen LogP contribution in [0.4, 0.5) is 0 Å². The van der Waals surface area contributed by atoms with Crippen LogP contribution in [0.2, 0.25) is 0 Å². The lowest BCUT2D eigenvalue weighted by Gasteiger charge is -2.22.